The van der Waals surface area contributed by atoms with E-state index in [2.05, 4.69) is 15.2 Å². The third kappa shape index (κ3) is 4.94. The van der Waals surface area contributed by atoms with Gasteiger partial charge in [-0.15, -0.1) is 0 Å². The summed E-state index contributed by atoms with van der Waals surface area (Å²) in [4.78, 5) is 32.8. The molecule has 2 heterocycles. The quantitative estimate of drug-likeness (QED) is 0.782. The topological polar surface area (TPSA) is 91.6 Å². The number of piperazine rings is 1. The van der Waals surface area contributed by atoms with E-state index in [9.17, 15) is 9.59 Å². The Morgan fingerprint density at radius 3 is 2.65 bits per heavy atom. The molecule has 1 aromatic rings. The molecule has 2 amide bonds. The van der Waals surface area contributed by atoms with E-state index in [1.54, 1.807) is 6.20 Å². The highest BCUT2D eigenvalue weighted by molar-refractivity contribution is 5.79. The van der Waals surface area contributed by atoms with E-state index in [0.717, 1.165) is 38.2 Å². The van der Waals surface area contributed by atoms with Crippen molar-refractivity contribution < 1.29 is 9.59 Å². The largest absolute Gasteiger partial charge is 0.356 e. The molecular weight excluding hydrogens is 330 g/mol. The second-order valence-corrected chi connectivity index (χ2v) is 7.21. The van der Waals surface area contributed by atoms with E-state index in [1.165, 1.54) is 0 Å². The zero-order valence-corrected chi connectivity index (χ0v) is 15.3. The molecule has 1 saturated heterocycles. The maximum absolute atomic E-state index is 12.3. The van der Waals surface area contributed by atoms with Crippen molar-refractivity contribution in [1.29, 1.82) is 0 Å². The molecule has 2 fully saturated rings. The van der Waals surface area contributed by atoms with Crippen molar-refractivity contribution in [3.63, 3.8) is 0 Å². The minimum absolute atomic E-state index is 0.0140. The van der Waals surface area contributed by atoms with Gasteiger partial charge in [-0.05, 0) is 30.9 Å². The first-order chi connectivity index (χ1) is 12.6. The van der Waals surface area contributed by atoms with Gasteiger partial charge in [0, 0.05) is 57.8 Å². The Kier molecular flexibility index (Phi) is 6.44. The van der Waals surface area contributed by atoms with Crippen LogP contribution in [0.1, 0.15) is 32.1 Å². The van der Waals surface area contributed by atoms with E-state index in [1.807, 2.05) is 23.1 Å². The number of hydrogen-bond donors (Lipinski definition) is 2. The highest BCUT2D eigenvalue weighted by Gasteiger charge is 2.26. The molecule has 0 spiro atoms. The first kappa shape index (κ1) is 18.6. The van der Waals surface area contributed by atoms with Crippen molar-refractivity contribution in [3.8, 4) is 0 Å². The lowest BCUT2D eigenvalue weighted by Crippen LogP contribution is -2.49. The van der Waals surface area contributed by atoms with Gasteiger partial charge in [-0.1, -0.05) is 12.5 Å². The monoisotopic (exact) mass is 359 g/mol. The summed E-state index contributed by atoms with van der Waals surface area (Å²) in [7, 11) is 0. The van der Waals surface area contributed by atoms with Crippen molar-refractivity contribution >= 4 is 17.6 Å². The van der Waals surface area contributed by atoms with Gasteiger partial charge in [0.25, 0.3) is 0 Å². The first-order valence-electron chi connectivity index (χ1n) is 9.59. The normalized spacial score (nSPS) is 23.1. The van der Waals surface area contributed by atoms with Crippen LogP contribution < -0.4 is 16.0 Å². The highest BCUT2D eigenvalue weighted by atomic mass is 16.2. The van der Waals surface area contributed by atoms with Crippen LogP contribution in [0.4, 0.5) is 5.82 Å². The average Bonchev–Trinajstić information content (AvgIpc) is 3.07. The Morgan fingerprint density at radius 1 is 1.19 bits per heavy atom. The van der Waals surface area contributed by atoms with Gasteiger partial charge >= 0.3 is 0 Å². The lowest BCUT2D eigenvalue weighted by molar-refractivity contribution is -0.131. The van der Waals surface area contributed by atoms with Crippen LogP contribution in [0, 0.1) is 5.92 Å². The molecule has 0 unspecified atom stereocenters. The molecule has 1 saturated carbocycles. The lowest BCUT2D eigenvalue weighted by Gasteiger charge is -2.35. The van der Waals surface area contributed by atoms with E-state index < -0.39 is 0 Å². The van der Waals surface area contributed by atoms with Gasteiger partial charge in [-0.25, -0.2) is 4.98 Å². The number of aromatic nitrogens is 1. The smallest absolute Gasteiger partial charge is 0.224 e. The van der Waals surface area contributed by atoms with Crippen molar-refractivity contribution in [2.45, 2.75) is 38.1 Å². The van der Waals surface area contributed by atoms with Crippen LogP contribution in [0.2, 0.25) is 0 Å². The van der Waals surface area contributed by atoms with Gasteiger partial charge in [0.05, 0.1) is 0 Å². The van der Waals surface area contributed by atoms with Crippen LogP contribution in [-0.2, 0) is 9.59 Å². The number of anilines is 1. The number of nitrogens with two attached hydrogens (primary N) is 1. The first-order valence-corrected chi connectivity index (χ1v) is 9.59. The summed E-state index contributed by atoms with van der Waals surface area (Å²) in [6, 6.07) is 6.01. The number of hydrogen-bond acceptors (Lipinski definition) is 5. The Balaban J connectivity index is 1.33. The summed E-state index contributed by atoms with van der Waals surface area (Å²) in [5, 5.41) is 2.87. The van der Waals surface area contributed by atoms with Crippen LogP contribution in [0.3, 0.4) is 0 Å². The minimum atomic E-state index is 0.0140. The summed E-state index contributed by atoms with van der Waals surface area (Å²) in [6.07, 6.45) is 5.79. The second kappa shape index (κ2) is 8.98. The summed E-state index contributed by atoms with van der Waals surface area (Å²) in [5.74, 6) is 1.37. The Morgan fingerprint density at radius 2 is 2.00 bits per heavy atom. The van der Waals surface area contributed by atoms with Crippen molar-refractivity contribution in [2.75, 3.05) is 37.6 Å². The Bertz CT molecular complexity index is 601. The Labute approximate surface area is 154 Å². The summed E-state index contributed by atoms with van der Waals surface area (Å²) < 4.78 is 0. The number of nitrogens with one attached hydrogen (secondary N) is 1. The van der Waals surface area contributed by atoms with E-state index >= 15 is 0 Å². The molecule has 2 aliphatic rings. The molecule has 2 atom stereocenters. The number of pyridine rings is 1. The summed E-state index contributed by atoms with van der Waals surface area (Å²) in [6.45, 7) is 3.37. The molecule has 3 N–H and O–H groups in total. The predicted molar refractivity (Wildman–Crippen MR) is 101 cm³/mol. The highest BCUT2D eigenvalue weighted by Crippen LogP contribution is 2.26. The SMILES string of the molecule is N[C@@H]1CCC[C@H]1CC(=O)NCCC(=O)N1CCN(c2ccccn2)CC1. The van der Waals surface area contributed by atoms with Gasteiger partial charge in [-0.3, -0.25) is 9.59 Å². The molecule has 0 bridgehead atoms. The molecule has 0 radical (unpaired) electrons. The average molecular weight is 359 g/mol. The second-order valence-electron chi connectivity index (χ2n) is 7.21. The molecule has 7 heteroatoms. The van der Waals surface area contributed by atoms with Gasteiger partial charge in [0.1, 0.15) is 5.82 Å². The fraction of sp³-hybridized carbons (Fsp3) is 0.632. The van der Waals surface area contributed by atoms with Crippen LogP contribution in [0.5, 0.6) is 0 Å². The van der Waals surface area contributed by atoms with Gasteiger partial charge in [-0.2, -0.15) is 0 Å². The van der Waals surface area contributed by atoms with Crippen molar-refractivity contribution in [1.82, 2.24) is 15.2 Å². The molecular formula is C19H29N5O2. The third-order valence-corrected chi connectivity index (χ3v) is 5.43. The molecule has 3 rings (SSSR count). The molecule has 142 valence electrons. The van der Waals surface area contributed by atoms with Crippen LogP contribution in [0.15, 0.2) is 24.4 Å². The molecule has 7 nitrogen and oxygen atoms in total. The van der Waals surface area contributed by atoms with Crippen LogP contribution in [0.25, 0.3) is 0 Å². The van der Waals surface area contributed by atoms with Gasteiger partial charge < -0.3 is 20.9 Å². The van der Waals surface area contributed by atoms with Gasteiger partial charge in [0.15, 0.2) is 0 Å². The van der Waals surface area contributed by atoms with E-state index in [4.69, 9.17) is 5.73 Å². The maximum Gasteiger partial charge on any atom is 0.224 e. The predicted octanol–water partition coefficient (Wildman–Crippen LogP) is 0.754. The summed E-state index contributed by atoms with van der Waals surface area (Å²) >= 11 is 0. The fourth-order valence-corrected chi connectivity index (χ4v) is 3.82. The van der Waals surface area contributed by atoms with Crippen molar-refractivity contribution in [2.24, 2.45) is 11.7 Å². The third-order valence-electron chi connectivity index (χ3n) is 5.43. The lowest BCUT2D eigenvalue weighted by atomic mass is 10.00. The summed E-state index contributed by atoms with van der Waals surface area (Å²) in [5.41, 5.74) is 6.01. The number of carbonyl (C=O) groups excluding carboxylic acids is 2. The standard InChI is InChI=1S/C19H29N5O2/c20-16-5-3-4-15(16)14-18(25)22-9-7-19(26)24-12-10-23(11-13-24)17-6-1-2-8-21-17/h1-2,6,8,15-16H,3-5,7,9-14,20H2,(H,22,25)/t15-,16+/m0/s1. The van der Waals surface area contributed by atoms with Crippen LogP contribution in [-0.4, -0.2) is 60.5 Å². The van der Waals surface area contributed by atoms with Crippen molar-refractivity contribution in [3.05, 3.63) is 24.4 Å². The molecule has 1 aliphatic heterocycles. The molecule has 1 aromatic heterocycles. The fourth-order valence-electron chi connectivity index (χ4n) is 3.82. The van der Waals surface area contributed by atoms with E-state index in [-0.39, 0.29) is 17.9 Å². The zero-order chi connectivity index (χ0) is 18.4. The zero-order valence-electron chi connectivity index (χ0n) is 15.3. The van der Waals surface area contributed by atoms with Gasteiger partial charge in [0.2, 0.25) is 11.8 Å². The number of nitrogens with zero attached hydrogens (tertiary/aromatic N) is 3. The molecule has 1 aliphatic carbocycles. The number of carbonyl (C=O) groups is 2. The maximum atomic E-state index is 12.3. The Hall–Kier alpha value is -2.15. The number of rotatable bonds is 6. The minimum Gasteiger partial charge on any atom is -0.356 e. The number of amides is 2. The molecule has 0 aromatic carbocycles. The molecule has 26 heavy (non-hydrogen) atoms. The van der Waals surface area contributed by atoms with Crippen LogP contribution >= 0.6 is 0 Å². The van der Waals surface area contributed by atoms with E-state index in [0.29, 0.717) is 38.4 Å².